The third kappa shape index (κ3) is 2.70. The molecule has 0 unspecified atom stereocenters. The number of phenolic OH excluding ortho intramolecular Hbond substituents is 1. The predicted octanol–water partition coefficient (Wildman–Crippen LogP) is 5.13. The zero-order valence-electron chi connectivity index (χ0n) is 8.05. The zero-order valence-corrected chi connectivity index (χ0v) is 11.1. The second kappa shape index (κ2) is 4.66. The van der Waals surface area contributed by atoms with E-state index in [0.29, 0.717) is 10.0 Å². The van der Waals surface area contributed by atoms with Crippen LogP contribution in [-0.2, 0) is 0 Å². The van der Waals surface area contributed by atoms with E-state index in [9.17, 15) is 5.11 Å². The molecule has 0 radical (unpaired) electrons. The van der Waals surface area contributed by atoms with Crippen molar-refractivity contribution in [1.29, 1.82) is 0 Å². The maximum atomic E-state index is 9.50. The Morgan fingerprint density at radius 1 is 0.812 bits per heavy atom. The molecule has 0 fully saturated rings. The van der Waals surface area contributed by atoms with Gasteiger partial charge < -0.3 is 5.11 Å². The molecular weight excluding hydrogens is 311 g/mol. The molecule has 0 heterocycles. The fraction of sp³-hybridized carbons (Fsp3) is 0. The Kier molecular flexibility index (Phi) is 3.43. The van der Waals surface area contributed by atoms with Gasteiger partial charge in [0.1, 0.15) is 5.75 Å². The molecule has 0 aliphatic rings. The molecule has 82 valence electrons. The summed E-state index contributed by atoms with van der Waals surface area (Å²) in [6.07, 6.45) is 0. The van der Waals surface area contributed by atoms with Gasteiger partial charge in [-0.15, -0.1) is 0 Å². The molecule has 0 saturated heterocycles. The van der Waals surface area contributed by atoms with Crippen LogP contribution in [0.5, 0.6) is 5.75 Å². The highest BCUT2D eigenvalue weighted by Crippen LogP contribution is 2.31. The Morgan fingerprint density at radius 2 is 1.38 bits per heavy atom. The number of hydrogen-bond donors (Lipinski definition) is 1. The molecule has 2 rings (SSSR count). The first kappa shape index (κ1) is 11.8. The maximum Gasteiger partial charge on any atom is 0.117 e. The molecule has 2 aromatic rings. The highest BCUT2D eigenvalue weighted by Gasteiger charge is 2.04. The average molecular weight is 318 g/mol. The van der Waals surface area contributed by atoms with Crippen molar-refractivity contribution in [1.82, 2.24) is 0 Å². The van der Waals surface area contributed by atoms with E-state index in [2.05, 4.69) is 15.9 Å². The van der Waals surface area contributed by atoms with Crippen LogP contribution in [0.25, 0.3) is 11.1 Å². The quantitative estimate of drug-likeness (QED) is 0.773. The van der Waals surface area contributed by atoms with Crippen molar-refractivity contribution in [3.8, 4) is 16.9 Å². The lowest BCUT2D eigenvalue weighted by Gasteiger charge is -2.05. The molecule has 1 nitrogen and oxygen atoms in total. The summed E-state index contributed by atoms with van der Waals surface area (Å²) in [5, 5.41) is 10.6. The third-order valence-corrected chi connectivity index (χ3v) is 2.97. The molecule has 4 heteroatoms. The minimum Gasteiger partial charge on any atom is -0.508 e. The van der Waals surface area contributed by atoms with Gasteiger partial charge in [-0.2, -0.15) is 0 Å². The van der Waals surface area contributed by atoms with Crippen molar-refractivity contribution in [2.75, 3.05) is 0 Å². The van der Waals surface area contributed by atoms with Gasteiger partial charge in [0.05, 0.1) is 0 Å². The van der Waals surface area contributed by atoms with Crippen molar-refractivity contribution in [3.63, 3.8) is 0 Å². The van der Waals surface area contributed by atoms with E-state index < -0.39 is 0 Å². The SMILES string of the molecule is Oc1cc(Br)cc(-c2cc(Cl)cc(Cl)c2)c1. The lowest BCUT2D eigenvalue weighted by atomic mass is 10.1. The van der Waals surface area contributed by atoms with E-state index in [-0.39, 0.29) is 5.75 Å². The molecule has 0 bridgehead atoms. The Balaban J connectivity index is 2.57. The summed E-state index contributed by atoms with van der Waals surface area (Å²) in [5.74, 6) is 0.195. The average Bonchev–Trinajstić information content (AvgIpc) is 2.14. The summed E-state index contributed by atoms with van der Waals surface area (Å²) < 4.78 is 0.804. The van der Waals surface area contributed by atoms with Gasteiger partial charge in [0.25, 0.3) is 0 Å². The van der Waals surface area contributed by atoms with Crippen LogP contribution in [0.3, 0.4) is 0 Å². The summed E-state index contributed by atoms with van der Waals surface area (Å²) in [4.78, 5) is 0. The first-order valence-electron chi connectivity index (χ1n) is 4.50. The van der Waals surface area contributed by atoms with Gasteiger partial charge >= 0.3 is 0 Å². The second-order valence-electron chi connectivity index (χ2n) is 3.36. The Hall–Kier alpha value is -0.700. The smallest absolute Gasteiger partial charge is 0.117 e. The largest absolute Gasteiger partial charge is 0.508 e. The van der Waals surface area contributed by atoms with Crippen molar-refractivity contribution in [2.24, 2.45) is 0 Å². The summed E-state index contributed by atoms with van der Waals surface area (Å²) in [5.41, 5.74) is 1.73. The Morgan fingerprint density at radius 3 is 1.94 bits per heavy atom. The normalized spacial score (nSPS) is 10.4. The molecule has 0 atom stereocenters. The predicted molar refractivity (Wildman–Crippen MR) is 71.3 cm³/mol. The van der Waals surface area contributed by atoms with Gasteiger partial charge in [-0.1, -0.05) is 39.1 Å². The number of halogens is 3. The molecule has 0 aliphatic heterocycles. The van der Waals surface area contributed by atoms with Crippen molar-refractivity contribution in [2.45, 2.75) is 0 Å². The van der Waals surface area contributed by atoms with Gasteiger partial charge in [0.15, 0.2) is 0 Å². The van der Waals surface area contributed by atoms with E-state index in [4.69, 9.17) is 23.2 Å². The first-order valence-corrected chi connectivity index (χ1v) is 6.05. The lowest BCUT2D eigenvalue weighted by molar-refractivity contribution is 0.475. The molecule has 0 aromatic heterocycles. The van der Waals surface area contributed by atoms with Gasteiger partial charge in [0, 0.05) is 14.5 Å². The molecule has 2 aromatic carbocycles. The second-order valence-corrected chi connectivity index (χ2v) is 5.14. The number of aromatic hydroxyl groups is 1. The van der Waals surface area contributed by atoms with Gasteiger partial charge in [-0.25, -0.2) is 0 Å². The maximum absolute atomic E-state index is 9.50. The van der Waals surface area contributed by atoms with E-state index in [0.717, 1.165) is 15.6 Å². The van der Waals surface area contributed by atoms with Crippen LogP contribution >= 0.6 is 39.1 Å². The van der Waals surface area contributed by atoms with Crippen LogP contribution in [0.15, 0.2) is 40.9 Å². The van der Waals surface area contributed by atoms with E-state index in [1.165, 1.54) is 0 Å². The first-order chi connectivity index (χ1) is 7.54. The third-order valence-electron chi connectivity index (χ3n) is 2.08. The summed E-state index contributed by atoms with van der Waals surface area (Å²) in [7, 11) is 0. The van der Waals surface area contributed by atoms with E-state index >= 15 is 0 Å². The van der Waals surface area contributed by atoms with Crippen molar-refractivity contribution in [3.05, 3.63) is 50.9 Å². The highest BCUT2D eigenvalue weighted by atomic mass is 79.9. The number of phenols is 1. The topological polar surface area (TPSA) is 20.2 Å². The standard InChI is InChI=1S/C12H7BrCl2O/c13-9-1-7(4-12(16)5-9)8-2-10(14)6-11(15)3-8/h1-6,16H. The van der Waals surface area contributed by atoms with E-state index in [1.54, 1.807) is 30.3 Å². The van der Waals surface area contributed by atoms with Crippen molar-refractivity contribution >= 4 is 39.1 Å². The lowest BCUT2D eigenvalue weighted by Crippen LogP contribution is -1.79. The van der Waals surface area contributed by atoms with Crippen molar-refractivity contribution < 1.29 is 5.11 Å². The van der Waals surface area contributed by atoms with Crippen LogP contribution in [0, 0.1) is 0 Å². The molecule has 0 spiro atoms. The fourth-order valence-electron chi connectivity index (χ4n) is 1.46. The molecule has 16 heavy (non-hydrogen) atoms. The molecular formula is C12H7BrCl2O. The molecule has 0 saturated carbocycles. The fourth-order valence-corrected chi connectivity index (χ4v) is 2.47. The van der Waals surface area contributed by atoms with Crippen LogP contribution in [0.2, 0.25) is 10.0 Å². The number of benzene rings is 2. The monoisotopic (exact) mass is 316 g/mol. The molecule has 1 N–H and O–H groups in total. The molecule has 0 aliphatic carbocycles. The minimum atomic E-state index is 0.195. The zero-order chi connectivity index (χ0) is 11.7. The van der Waals surface area contributed by atoms with Crippen LogP contribution in [-0.4, -0.2) is 5.11 Å². The van der Waals surface area contributed by atoms with Crippen LogP contribution in [0.4, 0.5) is 0 Å². The Labute approximate surface area is 112 Å². The summed E-state index contributed by atoms with van der Waals surface area (Å²) in [6, 6.07) is 10.4. The van der Waals surface area contributed by atoms with Gasteiger partial charge in [-0.05, 0) is 47.5 Å². The highest BCUT2D eigenvalue weighted by molar-refractivity contribution is 9.10. The van der Waals surface area contributed by atoms with E-state index in [1.807, 2.05) is 6.07 Å². The van der Waals surface area contributed by atoms with Crippen LogP contribution in [0.1, 0.15) is 0 Å². The number of hydrogen-bond acceptors (Lipinski definition) is 1. The van der Waals surface area contributed by atoms with Gasteiger partial charge in [-0.3, -0.25) is 0 Å². The molecule has 0 amide bonds. The summed E-state index contributed by atoms with van der Waals surface area (Å²) >= 11 is 15.2. The van der Waals surface area contributed by atoms with Crippen LogP contribution < -0.4 is 0 Å². The summed E-state index contributed by atoms with van der Waals surface area (Å²) in [6.45, 7) is 0. The number of rotatable bonds is 1. The Bertz CT molecular complexity index is 451. The minimum absolute atomic E-state index is 0.195. The van der Waals surface area contributed by atoms with Gasteiger partial charge in [0.2, 0.25) is 0 Å².